The molecule has 1 aliphatic carbocycles. The molecular weight excluding hydrogens is 223 g/mol. The third-order valence-electron chi connectivity index (χ3n) is 4.02. The van der Waals surface area contributed by atoms with Crippen LogP contribution < -0.4 is 0 Å². The Hall–Kier alpha value is -1.42. The van der Waals surface area contributed by atoms with Crippen LogP contribution in [0.2, 0.25) is 0 Å². The lowest BCUT2D eigenvalue weighted by atomic mass is 9.49. The molecule has 2 saturated heterocycles. The first-order valence-electron chi connectivity index (χ1n) is 5.64. The lowest BCUT2D eigenvalue weighted by Gasteiger charge is -2.58. The van der Waals surface area contributed by atoms with Crippen LogP contribution >= 0.6 is 0 Å². The predicted molar refractivity (Wildman–Crippen MR) is 58.2 cm³/mol. The molecule has 1 aromatic rings. The molecule has 1 aromatic carbocycles. The van der Waals surface area contributed by atoms with Gasteiger partial charge >= 0.3 is 5.97 Å². The van der Waals surface area contributed by atoms with Crippen LogP contribution in [0.15, 0.2) is 24.3 Å². The number of carboxylic acid groups (broad SMARTS) is 1. The Bertz CT molecular complexity index is 460. The highest BCUT2D eigenvalue weighted by Crippen LogP contribution is 2.59. The fourth-order valence-corrected chi connectivity index (χ4v) is 3.19. The summed E-state index contributed by atoms with van der Waals surface area (Å²) < 4.78 is 18.3. The first-order valence-corrected chi connectivity index (χ1v) is 5.64. The monoisotopic (exact) mass is 236 g/mol. The average molecular weight is 236 g/mol. The molecule has 3 nitrogen and oxygen atoms in total. The van der Waals surface area contributed by atoms with Crippen molar-refractivity contribution < 1.29 is 19.0 Å². The standard InChI is InChI=1S/C13H13FO3/c14-10-3-1-9(2-4-10)12-5-13(6-12,11(15)16)8-17-7-12/h1-4H,5-8H2,(H,15,16). The number of halogens is 1. The van der Waals surface area contributed by atoms with Crippen LogP contribution in [0.4, 0.5) is 4.39 Å². The van der Waals surface area contributed by atoms with Gasteiger partial charge in [0.15, 0.2) is 0 Å². The smallest absolute Gasteiger partial charge is 0.312 e. The molecule has 2 heterocycles. The van der Waals surface area contributed by atoms with Gasteiger partial charge in [-0.05, 0) is 30.5 Å². The van der Waals surface area contributed by atoms with Crippen molar-refractivity contribution in [2.24, 2.45) is 5.41 Å². The summed E-state index contributed by atoms with van der Waals surface area (Å²) in [5, 5.41) is 9.20. The number of carboxylic acids is 1. The van der Waals surface area contributed by atoms with Gasteiger partial charge in [0.05, 0.1) is 18.6 Å². The van der Waals surface area contributed by atoms with E-state index in [0.717, 1.165) is 5.56 Å². The molecule has 0 atom stereocenters. The van der Waals surface area contributed by atoms with Gasteiger partial charge in [-0.3, -0.25) is 4.79 Å². The molecule has 0 aromatic heterocycles. The Morgan fingerprint density at radius 2 is 1.88 bits per heavy atom. The number of benzene rings is 1. The van der Waals surface area contributed by atoms with Crippen molar-refractivity contribution >= 4 is 5.97 Å². The molecule has 90 valence electrons. The lowest BCUT2D eigenvalue weighted by molar-refractivity contribution is -0.192. The minimum atomic E-state index is -0.782. The lowest BCUT2D eigenvalue weighted by Crippen LogP contribution is -2.62. The van der Waals surface area contributed by atoms with Crippen LogP contribution in [0.3, 0.4) is 0 Å². The van der Waals surface area contributed by atoms with Crippen molar-refractivity contribution in [1.29, 1.82) is 0 Å². The van der Waals surface area contributed by atoms with Crippen LogP contribution in [0.5, 0.6) is 0 Å². The van der Waals surface area contributed by atoms with Gasteiger partial charge in [0.25, 0.3) is 0 Å². The minimum absolute atomic E-state index is 0.218. The molecule has 1 N–H and O–H groups in total. The van der Waals surface area contributed by atoms with E-state index in [0.29, 0.717) is 26.1 Å². The zero-order valence-corrected chi connectivity index (χ0v) is 9.28. The highest BCUT2D eigenvalue weighted by Gasteiger charge is 2.63. The van der Waals surface area contributed by atoms with E-state index in [1.54, 1.807) is 12.1 Å². The zero-order valence-electron chi connectivity index (χ0n) is 9.28. The molecule has 1 saturated carbocycles. The maximum absolute atomic E-state index is 12.9. The third-order valence-corrected chi connectivity index (χ3v) is 4.02. The zero-order chi connectivity index (χ0) is 12.1. The maximum Gasteiger partial charge on any atom is 0.312 e. The Morgan fingerprint density at radius 1 is 1.24 bits per heavy atom. The topological polar surface area (TPSA) is 46.5 Å². The summed E-state index contributed by atoms with van der Waals surface area (Å²) in [6, 6.07) is 6.30. The second-order valence-electron chi connectivity index (χ2n) is 5.22. The summed E-state index contributed by atoms with van der Waals surface area (Å²) in [5.41, 5.74) is 0.0484. The van der Waals surface area contributed by atoms with Gasteiger partial charge in [0, 0.05) is 5.41 Å². The van der Waals surface area contributed by atoms with Gasteiger partial charge in [-0.25, -0.2) is 4.39 Å². The van der Waals surface area contributed by atoms with Crippen LogP contribution in [-0.4, -0.2) is 24.3 Å². The molecule has 17 heavy (non-hydrogen) atoms. The summed E-state index contributed by atoms with van der Waals surface area (Å²) in [7, 11) is 0. The van der Waals surface area contributed by atoms with E-state index in [2.05, 4.69) is 0 Å². The largest absolute Gasteiger partial charge is 0.481 e. The SMILES string of the molecule is O=C(O)C12COCC(c3ccc(F)cc3)(C1)C2. The van der Waals surface area contributed by atoms with Crippen molar-refractivity contribution in [2.45, 2.75) is 18.3 Å². The molecule has 0 radical (unpaired) electrons. The van der Waals surface area contributed by atoms with E-state index < -0.39 is 11.4 Å². The number of carbonyl (C=O) groups is 1. The molecule has 2 aliphatic heterocycles. The molecule has 0 spiro atoms. The molecule has 2 bridgehead atoms. The Labute approximate surface area is 98.2 Å². The number of hydrogen-bond donors (Lipinski definition) is 1. The molecule has 4 rings (SSSR count). The van der Waals surface area contributed by atoms with Gasteiger partial charge in [0.2, 0.25) is 0 Å². The van der Waals surface area contributed by atoms with E-state index in [1.807, 2.05) is 0 Å². The van der Waals surface area contributed by atoms with Gasteiger partial charge in [-0.2, -0.15) is 0 Å². The predicted octanol–water partition coefficient (Wildman–Crippen LogP) is 1.96. The minimum Gasteiger partial charge on any atom is -0.481 e. The second-order valence-corrected chi connectivity index (χ2v) is 5.22. The summed E-state index contributed by atoms with van der Waals surface area (Å²) in [5.74, 6) is -1.05. The van der Waals surface area contributed by atoms with Crippen LogP contribution in [0.1, 0.15) is 18.4 Å². The van der Waals surface area contributed by atoms with Gasteiger partial charge in [-0.1, -0.05) is 12.1 Å². The first-order chi connectivity index (χ1) is 8.06. The Morgan fingerprint density at radius 3 is 2.47 bits per heavy atom. The van der Waals surface area contributed by atoms with Crippen molar-refractivity contribution in [3.63, 3.8) is 0 Å². The van der Waals surface area contributed by atoms with E-state index in [-0.39, 0.29) is 11.2 Å². The molecule has 0 amide bonds. The number of rotatable bonds is 2. The summed E-state index contributed by atoms with van der Waals surface area (Å²) in [6.45, 7) is 0.832. The van der Waals surface area contributed by atoms with Gasteiger partial charge in [0.1, 0.15) is 5.82 Å². The van der Waals surface area contributed by atoms with Crippen LogP contribution in [-0.2, 0) is 14.9 Å². The molecule has 3 aliphatic rings. The Kier molecular flexibility index (Phi) is 2.08. The normalized spacial score (nSPS) is 35.1. The van der Waals surface area contributed by atoms with E-state index >= 15 is 0 Å². The van der Waals surface area contributed by atoms with Crippen molar-refractivity contribution in [2.75, 3.05) is 13.2 Å². The number of ether oxygens (including phenoxy) is 1. The fraction of sp³-hybridized carbons (Fsp3) is 0.462. The van der Waals surface area contributed by atoms with Crippen LogP contribution in [0, 0.1) is 11.2 Å². The summed E-state index contributed by atoms with van der Waals surface area (Å²) in [4.78, 5) is 11.2. The Balaban J connectivity index is 1.90. The quantitative estimate of drug-likeness (QED) is 0.853. The highest BCUT2D eigenvalue weighted by molar-refractivity contribution is 5.77. The number of fused-ring (bicyclic) bond motifs is 2. The number of hydrogen-bond acceptors (Lipinski definition) is 2. The fourth-order valence-electron chi connectivity index (χ4n) is 3.19. The second kappa shape index (κ2) is 3.29. The number of aliphatic carboxylic acids is 1. The van der Waals surface area contributed by atoms with Gasteiger partial charge in [-0.15, -0.1) is 0 Å². The van der Waals surface area contributed by atoms with Crippen molar-refractivity contribution in [3.8, 4) is 0 Å². The van der Waals surface area contributed by atoms with E-state index in [9.17, 15) is 14.3 Å². The first kappa shape index (κ1) is 10.7. The molecule has 3 fully saturated rings. The van der Waals surface area contributed by atoms with Gasteiger partial charge < -0.3 is 9.84 Å². The third kappa shape index (κ3) is 1.40. The summed E-state index contributed by atoms with van der Waals surface area (Å²) in [6.07, 6.45) is 1.20. The van der Waals surface area contributed by atoms with E-state index in [4.69, 9.17) is 4.74 Å². The van der Waals surface area contributed by atoms with Crippen LogP contribution in [0.25, 0.3) is 0 Å². The van der Waals surface area contributed by atoms with Crippen molar-refractivity contribution in [3.05, 3.63) is 35.6 Å². The van der Waals surface area contributed by atoms with E-state index in [1.165, 1.54) is 12.1 Å². The highest BCUT2D eigenvalue weighted by atomic mass is 19.1. The summed E-state index contributed by atoms with van der Waals surface area (Å²) >= 11 is 0. The maximum atomic E-state index is 12.9. The average Bonchev–Trinajstić information content (AvgIpc) is 2.29. The van der Waals surface area contributed by atoms with Crippen molar-refractivity contribution in [1.82, 2.24) is 0 Å². The molecular formula is C13H13FO3. The molecule has 4 heteroatoms. The molecule has 0 unspecified atom stereocenters.